The molecule has 1 fully saturated rings. The van der Waals surface area contributed by atoms with Crippen LogP contribution < -0.4 is 4.90 Å². The minimum Gasteiger partial charge on any atom is -0.370 e. The van der Waals surface area contributed by atoms with E-state index in [1.165, 1.54) is 0 Å². The molecule has 1 amide bonds. The highest BCUT2D eigenvalue weighted by Gasteiger charge is 2.20. The van der Waals surface area contributed by atoms with E-state index in [-0.39, 0.29) is 5.91 Å². The number of hydrogen-bond acceptors (Lipinski definition) is 3. The van der Waals surface area contributed by atoms with Gasteiger partial charge in [0.25, 0.3) is 5.91 Å². The molecule has 4 rings (SSSR count). The lowest BCUT2D eigenvalue weighted by atomic mass is 10.0. The lowest BCUT2D eigenvalue weighted by Crippen LogP contribution is -2.35. The Bertz CT molecular complexity index is 1000. The molecule has 1 aliphatic rings. The fourth-order valence-electron chi connectivity index (χ4n) is 3.74. The Balaban J connectivity index is 1.42. The number of carbonyl (C=O) groups is 1. The summed E-state index contributed by atoms with van der Waals surface area (Å²) in [7, 11) is 0. The van der Waals surface area contributed by atoms with E-state index in [2.05, 4.69) is 23.1 Å². The molecule has 0 aromatic heterocycles. The lowest BCUT2D eigenvalue weighted by Gasteiger charge is -2.24. The van der Waals surface area contributed by atoms with Crippen molar-refractivity contribution in [2.75, 3.05) is 31.1 Å². The maximum absolute atomic E-state index is 13.0. The molecule has 29 heavy (non-hydrogen) atoms. The molecule has 1 heterocycles. The number of benzene rings is 3. The van der Waals surface area contributed by atoms with Crippen LogP contribution in [0.3, 0.4) is 0 Å². The summed E-state index contributed by atoms with van der Waals surface area (Å²) in [5.74, 6) is 0.0892. The molecule has 1 aliphatic heterocycles. The van der Waals surface area contributed by atoms with Crippen molar-refractivity contribution < 1.29 is 4.79 Å². The monoisotopic (exact) mass is 381 g/mol. The molecule has 0 aliphatic carbocycles. The quantitative estimate of drug-likeness (QED) is 0.667. The predicted octanol–water partition coefficient (Wildman–Crippen LogP) is 4.58. The number of rotatable bonds is 3. The first-order valence-corrected chi connectivity index (χ1v) is 9.94. The summed E-state index contributed by atoms with van der Waals surface area (Å²) in [6.07, 6.45) is 0.924. The third kappa shape index (κ3) is 4.30. The maximum Gasteiger partial charge on any atom is 0.253 e. The zero-order chi connectivity index (χ0) is 20.1. The second-order valence-electron chi connectivity index (χ2n) is 7.23. The van der Waals surface area contributed by atoms with E-state index < -0.39 is 0 Å². The van der Waals surface area contributed by atoms with Crippen LogP contribution in [0.1, 0.15) is 22.3 Å². The first-order chi connectivity index (χ1) is 14.2. The van der Waals surface area contributed by atoms with Crippen molar-refractivity contribution in [2.45, 2.75) is 6.42 Å². The Morgan fingerprint density at radius 1 is 0.759 bits per heavy atom. The standard InChI is InChI=1S/C25H23N3O/c26-19-20-7-13-24(14-8-20)27-15-4-16-28(18-17-27)25(29)23-11-9-22(10-12-23)21-5-2-1-3-6-21/h1-3,5-14H,4,15-18H2. The van der Waals surface area contributed by atoms with Gasteiger partial charge in [-0.15, -0.1) is 0 Å². The molecule has 4 nitrogen and oxygen atoms in total. The van der Waals surface area contributed by atoms with Crippen LogP contribution in [-0.4, -0.2) is 37.0 Å². The van der Waals surface area contributed by atoms with Gasteiger partial charge in [-0.05, 0) is 53.9 Å². The summed E-state index contributed by atoms with van der Waals surface area (Å²) in [6, 6.07) is 27.9. The first kappa shape index (κ1) is 18.8. The second kappa shape index (κ2) is 8.62. The van der Waals surface area contributed by atoms with E-state index in [9.17, 15) is 4.79 Å². The van der Waals surface area contributed by atoms with Crippen molar-refractivity contribution in [2.24, 2.45) is 0 Å². The number of amides is 1. The van der Waals surface area contributed by atoms with Crippen molar-refractivity contribution in [1.29, 1.82) is 5.26 Å². The second-order valence-corrected chi connectivity index (χ2v) is 7.23. The molecule has 0 saturated carbocycles. The molecule has 0 spiro atoms. The van der Waals surface area contributed by atoms with Crippen molar-refractivity contribution in [3.63, 3.8) is 0 Å². The van der Waals surface area contributed by atoms with E-state index in [1.54, 1.807) is 0 Å². The minimum atomic E-state index is 0.0892. The molecule has 4 heteroatoms. The Hall–Kier alpha value is -3.58. The van der Waals surface area contributed by atoms with Gasteiger partial charge < -0.3 is 9.80 Å². The summed E-state index contributed by atoms with van der Waals surface area (Å²) in [6.45, 7) is 3.15. The third-order valence-corrected chi connectivity index (χ3v) is 5.38. The van der Waals surface area contributed by atoms with Crippen molar-refractivity contribution in [1.82, 2.24) is 4.90 Å². The van der Waals surface area contributed by atoms with Crippen LogP contribution in [0, 0.1) is 11.3 Å². The summed E-state index contributed by atoms with van der Waals surface area (Å²) in [5, 5.41) is 8.96. The van der Waals surface area contributed by atoms with Gasteiger partial charge in [-0.1, -0.05) is 42.5 Å². The van der Waals surface area contributed by atoms with Crippen LogP contribution in [0.2, 0.25) is 0 Å². The number of carbonyl (C=O) groups excluding carboxylic acids is 1. The first-order valence-electron chi connectivity index (χ1n) is 9.94. The molecule has 1 saturated heterocycles. The van der Waals surface area contributed by atoms with Crippen LogP contribution in [0.15, 0.2) is 78.9 Å². The average molecular weight is 381 g/mol. The zero-order valence-corrected chi connectivity index (χ0v) is 16.3. The van der Waals surface area contributed by atoms with Crippen LogP contribution in [0.5, 0.6) is 0 Å². The Labute approximate surface area is 171 Å². The highest BCUT2D eigenvalue weighted by molar-refractivity contribution is 5.94. The van der Waals surface area contributed by atoms with Gasteiger partial charge in [-0.2, -0.15) is 5.26 Å². The van der Waals surface area contributed by atoms with E-state index in [4.69, 9.17) is 5.26 Å². The van der Waals surface area contributed by atoms with E-state index in [0.29, 0.717) is 12.1 Å². The van der Waals surface area contributed by atoms with E-state index >= 15 is 0 Å². The summed E-state index contributed by atoms with van der Waals surface area (Å²) in [4.78, 5) is 17.2. The summed E-state index contributed by atoms with van der Waals surface area (Å²) in [5.41, 5.74) is 4.77. The van der Waals surface area contributed by atoms with Crippen LogP contribution in [0.4, 0.5) is 5.69 Å². The lowest BCUT2D eigenvalue weighted by molar-refractivity contribution is 0.0767. The molecular weight excluding hydrogens is 358 g/mol. The number of anilines is 1. The average Bonchev–Trinajstić information content (AvgIpc) is 3.06. The van der Waals surface area contributed by atoms with E-state index in [1.807, 2.05) is 71.6 Å². The normalized spacial score (nSPS) is 14.2. The molecule has 3 aromatic rings. The van der Waals surface area contributed by atoms with Gasteiger partial charge in [0.1, 0.15) is 0 Å². The molecular formula is C25H23N3O. The SMILES string of the molecule is N#Cc1ccc(N2CCCN(C(=O)c3ccc(-c4ccccc4)cc3)CC2)cc1. The Morgan fingerprint density at radius 2 is 1.45 bits per heavy atom. The third-order valence-electron chi connectivity index (χ3n) is 5.38. The molecule has 0 N–H and O–H groups in total. The van der Waals surface area contributed by atoms with Crippen molar-refractivity contribution >= 4 is 11.6 Å². The zero-order valence-electron chi connectivity index (χ0n) is 16.3. The number of nitrogens with zero attached hydrogens (tertiary/aromatic N) is 3. The van der Waals surface area contributed by atoms with Gasteiger partial charge in [0.05, 0.1) is 11.6 Å². The highest BCUT2D eigenvalue weighted by Crippen LogP contribution is 2.21. The maximum atomic E-state index is 13.0. The molecule has 0 bridgehead atoms. The Kier molecular flexibility index (Phi) is 5.58. The molecule has 144 valence electrons. The van der Waals surface area contributed by atoms with E-state index in [0.717, 1.165) is 48.4 Å². The smallest absolute Gasteiger partial charge is 0.253 e. The fourth-order valence-corrected chi connectivity index (χ4v) is 3.74. The van der Waals surface area contributed by atoms with Crippen LogP contribution in [0.25, 0.3) is 11.1 Å². The van der Waals surface area contributed by atoms with Gasteiger partial charge in [-0.3, -0.25) is 4.79 Å². The largest absolute Gasteiger partial charge is 0.370 e. The molecule has 0 radical (unpaired) electrons. The minimum absolute atomic E-state index is 0.0892. The fraction of sp³-hybridized carbons (Fsp3) is 0.200. The molecule has 0 unspecified atom stereocenters. The Morgan fingerprint density at radius 3 is 2.14 bits per heavy atom. The van der Waals surface area contributed by atoms with Gasteiger partial charge in [-0.25, -0.2) is 0 Å². The van der Waals surface area contributed by atoms with Crippen LogP contribution in [-0.2, 0) is 0 Å². The highest BCUT2D eigenvalue weighted by atomic mass is 16.2. The topological polar surface area (TPSA) is 47.3 Å². The van der Waals surface area contributed by atoms with Crippen LogP contribution >= 0.6 is 0 Å². The van der Waals surface area contributed by atoms with Gasteiger partial charge in [0.2, 0.25) is 0 Å². The number of nitriles is 1. The van der Waals surface area contributed by atoms with Gasteiger partial charge in [0, 0.05) is 37.4 Å². The molecule has 3 aromatic carbocycles. The molecule has 0 atom stereocenters. The van der Waals surface area contributed by atoms with Crippen molar-refractivity contribution in [3.8, 4) is 17.2 Å². The van der Waals surface area contributed by atoms with Gasteiger partial charge in [0.15, 0.2) is 0 Å². The van der Waals surface area contributed by atoms with Gasteiger partial charge >= 0.3 is 0 Å². The van der Waals surface area contributed by atoms with Crippen molar-refractivity contribution in [3.05, 3.63) is 90.0 Å². The number of hydrogen-bond donors (Lipinski definition) is 0. The predicted molar refractivity (Wildman–Crippen MR) is 116 cm³/mol. The summed E-state index contributed by atoms with van der Waals surface area (Å²) < 4.78 is 0. The summed E-state index contributed by atoms with van der Waals surface area (Å²) >= 11 is 0.